The van der Waals surface area contributed by atoms with Crippen LogP contribution in [0.4, 0.5) is 17.6 Å². The first-order valence-corrected chi connectivity index (χ1v) is 12.1. The number of aromatic nitrogens is 1. The molecule has 4 rings (SSSR count). The van der Waals surface area contributed by atoms with Crippen LogP contribution in [0.25, 0.3) is 0 Å². The number of amides is 2. The fraction of sp³-hybridized carbons (Fsp3) is 0.417. The van der Waals surface area contributed by atoms with E-state index in [9.17, 15) is 27.2 Å². The smallest absolute Gasteiger partial charge is 0.339 e. The highest BCUT2D eigenvalue weighted by molar-refractivity contribution is 9.10. The molecule has 1 aromatic carbocycles. The number of aryl methyl sites for hydroxylation is 1. The van der Waals surface area contributed by atoms with E-state index >= 15 is 0 Å². The quantitative estimate of drug-likeness (QED) is 0.517. The second kappa shape index (κ2) is 10.3. The largest absolute Gasteiger partial charge is 0.408 e. The highest BCUT2D eigenvalue weighted by atomic mass is 79.9. The van der Waals surface area contributed by atoms with Crippen molar-refractivity contribution in [1.29, 1.82) is 0 Å². The molecule has 3 heterocycles. The number of pyridine rings is 1. The van der Waals surface area contributed by atoms with Crippen LogP contribution in [0.5, 0.6) is 0 Å². The van der Waals surface area contributed by atoms with Gasteiger partial charge in [0.15, 0.2) is 0 Å². The van der Waals surface area contributed by atoms with E-state index in [1.54, 1.807) is 30.3 Å². The number of rotatable bonds is 7. The van der Waals surface area contributed by atoms with Crippen LogP contribution in [-0.2, 0) is 22.4 Å². The van der Waals surface area contributed by atoms with Crippen molar-refractivity contribution in [3.8, 4) is 0 Å². The molecule has 0 spiro atoms. The van der Waals surface area contributed by atoms with E-state index in [-0.39, 0.29) is 32.4 Å². The lowest BCUT2D eigenvalue weighted by Crippen LogP contribution is -2.58. The van der Waals surface area contributed by atoms with Crippen molar-refractivity contribution in [2.45, 2.75) is 37.9 Å². The molecule has 0 bridgehead atoms. The van der Waals surface area contributed by atoms with E-state index in [1.807, 2.05) is 0 Å². The van der Waals surface area contributed by atoms with Crippen LogP contribution < -0.4 is 5.73 Å². The molecule has 36 heavy (non-hydrogen) atoms. The monoisotopic (exact) mass is 569 g/mol. The van der Waals surface area contributed by atoms with Crippen LogP contribution in [0, 0.1) is 11.2 Å². The summed E-state index contributed by atoms with van der Waals surface area (Å²) in [5.41, 5.74) is 6.21. The summed E-state index contributed by atoms with van der Waals surface area (Å²) in [5.74, 6) is -1.65. The Morgan fingerprint density at radius 3 is 2.69 bits per heavy atom. The third kappa shape index (κ3) is 5.59. The third-order valence-electron chi connectivity index (χ3n) is 6.41. The molecule has 1 unspecified atom stereocenters. The Morgan fingerprint density at radius 1 is 1.25 bits per heavy atom. The molecule has 0 aliphatic carbocycles. The number of hydrogen-bond donors (Lipinski definition) is 1. The zero-order chi connectivity index (χ0) is 26.1. The molecule has 12 heteroatoms. The number of fused-ring (bicyclic) bond motifs is 1. The van der Waals surface area contributed by atoms with Gasteiger partial charge in [0.05, 0.1) is 16.2 Å². The molecule has 2 N–H and O–H groups in total. The van der Waals surface area contributed by atoms with Gasteiger partial charge in [-0.1, -0.05) is 12.1 Å². The van der Waals surface area contributed by atoms with Crippen LogP contribution in [0.2, 0.25) is 0 Å². The van der Waals surface area contributed by atoms with Gasteiger partial charge in [-0.05, 0) is 58.6 Å². The summed E-state index contributed by atoms with van der Waals surface area (Å²) >= 11 is 3.09. The summed E-state index contributed by atoms with van der Waals surface area (Å²) in [5, 5.41) is 4.47. The first kappa shape index (κ1) is 26.2. The molecule has 7 nitrogen and oxygen atoms in total. The number of likely N-dealkylation sites (tertiary alicyclic amines) is 1. The number of benzene rings is 1. The maximum atomic E-state index is 13.8. The number of carbonyl (C=O) groups excluding carboxylic acids is 2. The first-order chi connectivity index (χ1) is 17.0. The van der Waals surface area contributed by atoms with E-state index in [0.717, 1.165) is 0 Å². The summed E-state index contributed by atoms with van der Waals surface area (Å²) in [6, 6.07) is 8.82. The highest BCUT2D eigenvalue weighted by Gasteiger charge is 2.56. The summed E-state index contributed by atoms with van der Waals surface area (Å²) in [6.45, 7) is -1.47. The van der Waals surface area contributed by atoms with Gasteiger partial charge >= 0.3 is 6.18 Å². The lowest BCUT2D eigenvalue weighted by Gasteiger charge is -2.40. The van der Waals surface area contributed by atoms with Gasteiger partial charge in [0.1, 0.15) is 17.8 Å². The molecule has 1 aromatic heterocycles. The molecular formula is C24H24BrF4N5O2. The average molecular weight is 570 g/mol. The number of alkyl halides is 3. The van der Waals surface area contributed by atoms with Gasteiger partial charge in [0.25, 0.3) is 5.91 Å². The number of hydrogen-bond acceptors (Lipinski definition) is 5. The van der Waals surface area contributed by atoms with Crippen LogP contribution >= 0.6 is 15.9 Å². The van der Waals surface area contributed by atoms with Crippen molar-refractivity contribution in [2.75, 3.05) is 19.6 Å². The molecule has 2 aromatic rings. The normalized spacial score (nSPS) is 20.8. The first-order valence-electron chi connectivity index (χ1n) is 11.3. The summed E-state index contributed by atoms with van der Waals surface area (Å²) < 4.78 is 53.5. The van der Waals surface area contributed by atoms with Crippen LogP contribution in [0.15, 0.2) is 52.2 Å². The van der Waals surface area contributed by atoms with Crippen molar-refractivity contribution in [3.05, 3.63) is 64.1 Å². The van der Waals surface area contributed by atoms with Gasteiger partial charge in [0.2, 0.25) is 5.91 Å². The lowest BCUT2D eigenvalue weighted by molar-refractivity contribution is -0.164. The fourth-order valence-electron chi connectivity index (χ4n) is 4.64. The maximum absolute atomic E-state index is 13.8. The highest BCUT2D eigenvalue weighted by Crippen LogP contribution is 2.39. The van der Waals surface area contributed by atoms with Crippen molar-refractivity contribution in [2.24, 2.45) is 16.3 Å². The number of nitrogens with two attached hydrogens (primary N) is 1. The van der Waals surface area contributed by atoms with Crippen molar-refractivity contribution < 1.29 is 27.2 Å². The van der Waals surface area contributed by atoms with Crippen LogP contribution in [-0.4, -0.2) is 64.3 Å². The number of hydrazone groups is 1. The van der Waals surface area contributed by atoms with Crippen molar-refractivity contribution in [1.82, 2.24) is 14.9 Å². The standard InChI is InChI=1S/C24H24BrF4N5O2/c25-17-6-4-15(11-18(17)26)5-7-19(30)21(35)33-10-8-20-23(13-33,12-16-3-1-2-9-31-16)22(36)34(32-20)14-24(27,28)29/h1-4,6,9,11,19H,5,7-8,10,12-14,30H2/t19?,23-/m1/s1. The Hall–Kier alpha value is -2.86. The minimum Gasteiger partial charge on any atom is -0.339 e. The zero-order valence-corrected chi connectivity index (χ0v) is 20.7. The number of piperidine rings is 1. The molecule has 0 saturated carbocycles. The van der Waals surface area contributed by atoms with Crippen LogP contribution in [0.3, 0.4) is 0 Å². The Kier molecular flexibility index (Phi) is 7.46. The Labute approximate surface area is 213 Å². The van der Waals surface area contributed by atoms with Gasteiger partial charge in [0, 0.05) is 37.8 Å². The summed E-state index contributed by atoms with van der Waals surface area (Å²) in [7, 11) is 0. The molecule has 2 atom stereocenters. The van der Waals surface area contributed by atoms with Crippen molar-refractivity contribution >= 4 is 33.5 Å². The minimum atomic E-state index is -4.62. The predicted molar refractivity (Wildman–Crippen MR) is 127 cm³/mol. The lowest BCUT2D eigenvalue weighted by atomic mass is 9.74. The van der Waals surface area contributed by atoms with Gasteiger partial charge in [-0.3, -0.25) is 14.6 Å². The van der Waals surface area contributed by atoms with Gasteiger partial charge in [-0.15, -0.1) is 0 Å². The zero-order valence-electron chi connectivity index (χ0n) is 19.1. The van der Waals surface area contributed by atoms with E-state index in [4.69, 9.17) is 5.73 Å². The topological polar surface area (TPSA) is 91.9 Å². The number of carbonyl (C=O) groups is 2. The fourth-order valence-corrected chi connectivity index (χ4v) is 4.88. The average Bonchev–Trinajstić information content (AvgIpc) is 3.09. The van der Waals surface area contributed by atoms with Gasteiger partial charge in [-0.2, -0.15) is 18.3 Å². The second-order valence-electron chi connectivity index (χ2n) is 9.01. The van der Waals surface area contributed by atoms with Crippen molar-refractivity contribution in [3.63, 3.8) is 0 Å². The Morgan fingerprint density at radius 2 is 2.03 bits per heavy atom. The molecule has 0 radical (unpaired) electrons. The molecule has 1 saturated heterocycles. The molecule has 1 fully saturated rings. The second-order valence-corrected chi connectivity index (χ2v) is 9.86. The van der Waals surface area contributed by atoms with Gasteiger partial charge < -0.3 is 10.6 Å². The predicted octanol–water partition coefficient (Wildman–Crippen LogP) is 3.47. The summed E-state index contributed by atoms with van der Waals surface area (Å²) in [6.07, 6.45) is -2.35. The number of halogens is 5. The molecule has 2 amide bonds. The van der Waals surface area contributed by atoms with Gasteiger partial charge in [-0.25, -0.2) is 9.40 Å². The molecule has 192 valence electrons. The van der Waals surface area contributed by atoms with E-state index in [0.29, 0.717) is 32.9 Å². The van der Waals surface area contributed by atoms with Crippen LogP contribution in [0.1, 0.15) is 24.1 Å². The number of nitrogens with zero attached hydrogens (tertiary/aromatic N) is 4. The third-order valence-corrected chi connectivity index (χ3v) is 7.06. The van der Waals surface area contributed by atoms with E-state index in [2.05, 4.69) is 26.0 Å². The maximum Gasteiger partial charge on any atom is 0.408 e. The minimum absolute atomic E-state index is 0.0110. The Bertz CT molecular complexity index is 1180. The summed E-state index contributed by atoms with van der Waals surface area (Å²) in [4.78, 5) is 32.2. The van der Waals surface area contributed by atoms with E-state index in [1.165, 1.54) is 17.2 Å². The molecular weight excluding hydrogens is 546 g/mol. The Balaban J connectivity index is 1.52. The SMILES string of the molecule is NC(CCc1ccc(Br)c(F)c1)C(=O)N1CCC2=NN(CC(F)(F)F)C(=O)[C@]2(Cc2ccccn2)C1. The molecule has 2 aliphatic rings. The molecule has 2 aliphatic heterocycles. The van der Waals surface area contributed by atoms with E-state index < -0.39 is 41.8 Å².